The molecular weight excluding hydrogens is 458 g/mol. The fourth-order valence-electron chi connectivity index (χ4n) is 3.05. The van der Waals surface area contributed by atoms with Gasteiger partial charge in [-0.2, -0.15) is 0 Å². The number of rotatable bonds is 8. The number of benzene rings is 1. The Hall–Kier alpha value is -1.38. The summed E-state index contributed by atoms with van der Waals surface area (Å²) in [6.07, 6.45) is 5.67. The minimum Gasteiger partial charge on any atom is -0.357 e. The molecule has 1 saturated heterocycles. The Morgan fingerprint density at radius 1 is 1.19 bits per heavy atom. The molecule has 0 unspecified atom stereocenters. The number of amides is 1. The molecule has 1 amide bonds. The first-order valence-corrected chi connectivity index (χ1v) is 9.73. The second-order valence-corrected chi connectivity index (χ2v) is 6.61. The molecule has 1 aromatic rings. The Morgan fingerprint density at radius 2 is 1.96 bits per heavy atom. The van der Waals surface area contributed by atoms with Gasteiger partial charge < -0.3 is 15.5 Å². The number of nitrogens with zero attached hydrogens (tertiary/aromatic N) is 2. The molecule has 152 valence electrons. The van der Waals surface area contributed by atoms with E-state index >= 15 is 0 Å². The van der Waals surface area contributed by atoms with Gasteiger partial charge >= 0.3 is 0 Å². The fraction of sp³-hybridized carbons (Fsp3) is 0.600. The van der Waals surface area contributed by atoms with E-state index in [1.54, 1.807) is 12.1 Å². The van der Waals surface area contributed by atoms with Crippen molar-refractivity contribution in [2.75, 3.05) is 32.7 Å². The number of nitrogens with one attached hydrogen (secondary N) is 2. The van der Waals surface area contributed by atoms with Gasteiger partial charge in [-0.1, -0.05) is 18.6 Å². The van der Waals surface area contributed by atoms with E-state index in [0.29, 0.717) is 13.0 Å². The lowest BCUT2D eigenvalue weighted by Gasteiger charge is -2.20. The summed E-state index contributed by atoms with van der Waals surface area (Å²) in [5, 5.41) is 6.54. The maximum atomic E-state index is 12.9. The lowest BCUT2D eigenvalue weighted by molar-refractivity contribution is -0.130. The third-order valence-corrected chi connectivity index (χ3v) is 4.49. The lowest BCUT2D eigenvalue weighted by atomic mass is 10.1. The molecule has 0 radical (unpaired) electrons. The highest BCUT2D eigenvalue weighted by Crippen LogP contribution is 2.11. The molecule has 1 fully saturated rings. The lowest BCUT2D eigenvalue weighted by Crippen LogP contribution is -2.38. The molecule has 2 N–H and O–H groups in total. The SMILES string of the molecule is CCNC(=NCCCN1CCCCCC1=O)NCCc1ccc(F)cc1.I. The van der Waals surface area contributed by atoms with E-state index in [2.05, 4.69) is 15.6 Å². The molecule has 0 spiro atoms. The zero-order valence-corrected chi connectivity index (χ0v) is 18.5. The summed E-state index contributed by atoms with van der Waals surface area (Å²) in [6.45, 7) is 5.94. The predicted octanol–water partition coefficient (Wildman–Crippen LogP) is 3.33. The molecule has 0 aromatic heterocycles. The van der Waals surface area contributed by atoms with Crippen molar-refractivity contribution < 1.29 is 9.18 Å². The van der Waals surface area contributed by atoms with Crippen molar-refractivity contribution in [3.05, 3.63) is 35.6 Å². The molecule has 7 heteroatoms. The van der Waals surface area contributed by atoms with Gasteiger partial charge in [0.05, 0.1) is 0 Å². The number of halogens is 2. The van der Waals surface area contributed by atoms with Gasteiger partial charge in [-0.05, 0) is 50.3 Å². The van der Waals surface area contributed by atoms with Crippen LogP contribution in [-0.4, -0.2) is 49.5 Å². The summed E-state index contributed by atoms with van der Waals surface area (Å²) in [6, 6.07) is 6.58. The molecule has 1 aromatic carbocycles. The monoisotopic (exact) mass is 490 g/mol. The van der Waals surface area contributed by atoms with Gasteiger partial charge in [0.1, 0.15) is 5.82 Å². The van der Waals surface area contributed by atoms with Crippen molar-refractivity contribution in [1.82, 2.24) is 15.5 Å². The fourth-order valence-corrected chi connectivity index (χ4v) is 3.05. The summed E-state index contributed by atoms with van der Waals surface area (Å²) in [5.41, 5.74) is 1.09. The average molecular weight is 490 g/mol. The predicted molar refractivity (Wildman–Crippen MR) is 119 cm³/mol. The first kappa shape index (κ1) is 23.7. The van der Waals surface area contributed by atoms with Crippen LogP contribution in [0.5, 0.6) is 0 Å². The van der Waals surface area contributed by atoms with E-state index in [1.807, 2.05) is 11.8 Å². The van der Waals surface area contributed by atoms with E-state index in [1.165, 1.54) is 12.1 Å². The van der Waals surface area contributed by atoms with Crippen LogP contribution in [0, 0.1) is 5.82 Å². The molecule has 0 saturated carbocycles. The topological polar surface area (TPSA) is 56.7 Å². The largest absolute Gasteiger partial charge is 0.357 e. The van der Waals surface area contributed by atoms with Crippen LogP contribution in [0.4, 0.5) is 4.39 Å². The first-order valence-electron chi connectivity index (χ1n) is 9.73. The highest BCUT2D eigenvalue weighted by atomic mass is 127. The van der Waals surface area contributed by atoms with Crippen LogP contribution in [0.15, 0.2) is 29.3 Å². The highest BCUT2D eigenvalue weighted by Gasteiger charge is 2.15. The first-order chi connectivity index (χ1) is 12.7. The molecule has 2 rings (SSSR count). The Labute approximate surface area is 179 Å². The van der Waals surface area contributed by atoms with E-state index in [4.69, 9.17) is 0 Å². The van der Waals surface area contributed by atoms with Crippen molar-refractivity contribution >= 4 is 35.8 Å². The van der Waals surface area contributed by atoms with Gasteiger partial charge in [0.2, 0.25) is 5.91 Å². The van der Waals surface area contributed by atoms with Crippen LogP contribution in [0.2, 0.25) is 0 Å². The average Bonchev–Trinajstić information content (AvgIpc) is 2.84. The van der Waals surface area contributed by atoms with E-state index < -0.39 is 0 Å². The van der Waals surface area contributed by atoms with Gasteiger partial charge in [-0.25, -0.2) is 4.39 Å². The molecule has 5 nitrogen and oxygen atoms in total. The van der Waals surface area contributed by atoms with Crippen LogP contribution < -0.4 is 10.6 Å². The number of carbonyl (C=O) groups excluding carboxylic acids is 1. The van der Waals surface area contributed by atoms with E-state index in [0.717, 1.165) is 69.8 Å². The molecule has 27 heavy (non-hydrogen) atoms. The third kappa shape index (κ3) is 9.39. The van der Waals surface area contributed by atoms with Gasteiger partial charge in [-0.15, -0.1) is 24.0 Å². The summed E-state index contributed by atoms with van der Waals surface area (Å²) in [7, 11) is 0. The molecule has 0 aliphatic carbocycles. The Kier molecular flexibility index (Phi) is 12.0. The van der Waals surface area contributed by atoms with Crippen LogP contribution in [-0.2, 0) is 11.2 Å². The Morgan fingerprint density at radius 3 is 2.70 bits per heavy atom. The van der Waals surface area contributed by atoms with Crippen molar-refractivity contribution in [3.63, 3.8) is 0 Å². The molecular formula is C20H32FIN4O. The van der Waals surface area contributed by atoms with Crippen LogP contribution >= 0.6 is 24.0 Å². The maximum Gasteiger partial charge on any atom is 0.222 e. The van der Waals surface area contributed by atoms with Gasteiger partial charge in [0, 0.05) is 39.1 Å². The van der Waals surface area contributed by atoms with Crippen LogP contribution in [0.3, 0.4) is 0 Å². The van der Waals surface area contributed by atoms with Crippen LogP contribution in [0.25, 0.3) is 0 Å². The molecule has 1 aliphatic rings. The standard InChI is InChI=1S/C20H31FN4O.HI/c1-2-22-20(24-14-12-17-8-10-18(21)11-9-17)23-13-6-16-25-15-5-3-4-7-19(25)26;/h8-11H,2-7,12-16H2,1H3,(H2,22,23,24);1H. The Bertz CT molecular complexity index is 580. The van der Waals surface area contributed by atoms with Crippen LogP contribution in [0.1, 0.15) is 44.6 Å². The summed E-state index contributed by atoms with van der Waals surface area (Å²) < 4.78 is 12.9. The summed E-state index contributed by atoms with van der Waals surface area (Å²) in [4.78, 5) is 18.6. The van der Waals surface area contributed by atoms with Gasteiger partial charge in [0.15, 0.2) is 5.96 Å². The third-order valence-electron chi connectivity index (χ3n) is 4.49. The van der Waals surface area contributed by atoms with Gasteiger partial charge in [-0.3, -0.25) is 9.79 Å². The second-order valence-electron chi connectivity index (χ2n) is 6.61. The van der Waals surface area contributed by atoms with Crippen molar-refractivity contribution in [3.8, 4) is 0 Å². The summed E-state index contributed by atoms with van der Waals surface area (Å²) >= 11 is 0. The Balaban J connectivity index is 0.00000364. The molecule has 0 atom stereocenters. The minimum atomic E-state index is -0.209. The highest BCUT2D eigenvalue weighted by molar-refractivity contribution is 14.0. The number of likely N-dealkylation sites (tertiary alicyclic amines) is 1. The van der Waals surface area contributed by atoms with Crippen molar-refractivity contribution in [1.29, 1.82) is 0 Å². The van der Waals surface area contributed by atoms with Crippen molar-refractivity contribution in [2.45, 2.75) is 45.4 Å². The quantitative estimate of drug-likeness (QED) is 0.255. The number of guanidine groups is 1. The number of carbonyl (C=O) groups is 1. The normalized spacial score (nSPS) is 15.1. The number of hydrogen-bond donors (Lipinski definition) is 2. The van der Waals surface area contributed by atoms with E-state index in [-0.39, 0.29) is 35.7 Å². The molecule has 1 heterocycles. The smallest absolute Gasteiger partial charge is 0.222 e. The van der Waals surface area contributed by atoms with Crippen molar-refractivity contribution in [2.24, 2.45) is 4.99 Å². The number of aliphatic imine (C=N–C) groups is 1. The minimum absolute atomic E-state index is 0. The zero-order valence-electron chi connectivity index (χ0n) is 16.2. The number of hydrogen-bond acceptors (Lipinski definition) is 2. The second kappa shape index (κ2) is 13.7. The zero-order chi connectivity index (χ0) is 18.6. The molecule has 1 aliphatic heterocycles. The summed E-state index contributed by atoms with van der Waals surface area (Å²) in [5.74, 6) is 0.868. The maximum absolute atomic E-state index is 12.9. The molecule has 0 bridgehead atoms. The van der Waals surface area contributed by atoms with Gasteiger partial charge in [0.25, 0.3) is 0 Å². The van der Waals surface area contributed by atoms with E-state index in [9.17, 15) is 9.18 Å².